The van der Waals surface area contributed by atoms with Gasteiger partial charge in [-0.05, 0) is 37.0 Å². The topological polar surface area (TPSA) is 29.3 Å². The average molecular weight is 249 g/mol. The zero-order valence-electron chi connectivity index (χ0n) is 10.4. The lowest BCUT2D eigenvalue weighted by molar-refractivity contribution is 0.764. The van der Waals surface area contributed by atoms with Gasteiger partial charge in [-0.25, -0.2) is 4.98 Å². The van der Waals surface area contributed by atoms with Gasteiger partial charge < -0.3 is 5.32 Å². The zero-order chi connectivity index (χ0) is 12.1. The molecule has 17 heavy (non-hydrogen) atoms. The summed E-state index contributed by atoms with van der Waals surface area (Å²) in [6.45, 7) is 4.43. The van der Waals surface area contributed by atoms with E-state index in [1.165, 1.54) is 17.9 Å². The van der Waals surface area contributed by atoms with Crippen LogP contribution >= 0.6 is 11.8 Å². The molecule has 0 amide bonds. The van der Waals surface area contributed by atoms with Gasteiger partial charge in [0.1, 0.15) is 11.5 Å². The normalized spacial score (nSPS) is 12.8. The van der Waals surface area contributed by atoms with E-state index < -0.39 is 0 Å². The van der Waals surface area contributed by atoms with E-state index in [0.29, 0.717) is 6.04 Å². The van der Waals surface area contributed by atoms with E-state index >= 15 is 0 Å². The molecule has 0 bridgehead atoms. The van der Waals surface area contributed by atoms with Gasteiger partial charge in [-0.3, -0.25) is 4.40 Å². The Morgan fingerprint density at radius 1 is 1.47 bits per heavy atom. The van der Waals surface area contributed by atoms with Crippen LogP contribution in [0.4, 0.5) is 5.82 Å². The number of aromatic nitrogens is 2. The maximum Gasteiger partial charge on any atom is 0.138 e. The highest BCUT2D eigenvalue weighted by molar-refractivity contribution is 7.99. The molecule has 1 unspecified atom stereocenters. The summed E-state index contributed by atoms with van der Waals surface area (Å²) >= 11 is 1.99. The van der Waals surface area contributed by atoms with Gasteiger partial charge >= 0.3 is 0 Å². The largest absolute Gasteiger partial charge is 0.369 e. The van der Waals surface area contributed by atoms with Crippen LogP contribution in [0.3, 0.4) is 0 Å². The number of hydrogen-bond donors (Lipinski definition) is 1. The van der Waals surface area contributed by atoms with Crippen LogP contribution in [0.5, 0.6) is 0 Å². The van der Waals surface area contributed by atoms with Gasteiger partial charge in [0.2, 0.25) is 0 Å². The Bertz CT molecular complexity index is 466. The third-order valence-electron chi connectivity index (χ3n) is 2.72. The first kappa shape index (κ1) is 12.3. The lowest BCUT2D eigenvalue weighted by Crippen LogP contribution is -2.17. The fraction of sp³-hybridized carbons (Fsp3) is 0.462. The van der Waals surface area contributed by atoms with Crippen molar-refractivity contribution in [1.82, 2.24) is 9.38 Å². The van der Waals surface area contributed by atoms with Crippen molar-refractivity contribution in [2.75, 3.05) is 16.8 Å². The van der Waals surface area contributed by atoms with Crippen molar-refractivity contribution in [3.05, 3.63) is 30.6 Å². The summed E-state index contributed by atoms with van der Waals surface area (Å²) in [4.78, 5) is 4.28. The fourth-order valence-corrected chi connectivity index (χ4v) is 2.60. The molecule has 1 atom stereocenters. The highest BCUT2D eigenvalue weighted by Crippen LogP contribution is 2.14. The SMILES string of the molecule is CCSCCC(C)Nc1cccc2nccn12. The summed E-state index contributed by atoms with van der Waals surface area (Å²) in [6.07, 6.45) is 5.01. The molecule has 0 radical (unpaired) electrons. The van der Waals surface area contributed by atoms with Crippen LogP contribution in [0.15, 0.2) is 30.6 Å². The number of nitrogens with one attached hydrogen (secondary N) is 1. The Hall–Kier alpha value is -1.16. The molecular formula is C13H19N3S. The van der Waals surface area contributed by atoms with Crippen LogP contribution < -0.4 is 5.32 Å². The predicted octanol–water partition coefficient (Wildman–Crippen LogP) is 3.28. The van der Waals surface area contributed by atoms with Crippen molar-refractivity contribution in [1.29, 1.82) is 0 Å². The standard InChI is InChI=1S/C13H19N3S/c1-3-17-10-7-11(2)15-13-6-4-5-12-14-8-9-16(12)13/h4-6,8-9,11,15H,3,7,10H2,1-2H3. The van der Waals surface area contributed by atoms with Crippen LogP contribution in [-0.4, -0.2) is 26.9 Å². The van der Waals surface area contributed by atoms with E-state index in [1.54, 1.807) is 0 Å². The van der Waals surface area contributed by atoms with Crippen molar-refractivity contribution in [3.63, 3.8) is 0 Å². The monoisotopic (exact) mass is 249 g/mol. The van der Waals surface area contributed by atoms with Gasteiger partial charge in [-0.2, -0.15) is 11.8 Å². The number of hydrogen-bond acceptors (Lipinski definition) is 3. The minimum atomic E-state index is 0.488. The number of fused-ring (bicyclic) bond motifs is 1. The number of thioether (sulfide) groups is 1. The minimum absolute atomic E-state index is 0.488. The molecule has 2 heterocycles. The Labute approximate surface area is 107 Å². The van der Waals surface area contributed by atoms with E-state index in [0.717, 1.165) is 11.5 Å². The lowest BCUT2D eigenvalue weighted by atomic mass is 10.2. The lowest BCUT2D eigenvalue weighted by Gasteiger charge is -2.16. The van der Waals surface area contributed by atoms with Gasteiger partial charge in [0, 0.05) is 18.4 Å². The number of nitrogens with zero attached hydrogens (tertiary/aromatic N) is 2. The average Bonchev–Trinajstić information content (AvgIpc) is 2.78. The van der Waals surface area contributed by atoms with Crippen molar-refractivity contribution in [3.8, 4) is 0 Å². The molecule has 0 fully saturated rings. The quantitative estimate of drug-likeness (QED) is 0.797. The van der Waals surface area contributed by atoms with Crippen LogP contribution in [-0.2, 0) is 0 Å². The first-order valence-electron chi connectivity index (χ1n) is 6.07. The van der Waals surface area contributed by atoms with Gasteiger partial charge in [-0.15, -0.1) is 0 Å². The van der Waals surface area contributed by atoms with Crippen LogP contribution in [0, 0.1) is 0 Å². The van der Waals surface area contributed by atoms with Crippen molar-refractivity contribution >= 4 is 23.2 Å². The maximum atomic E-state index is 4.28. The molecule has 2 aromatic rings. The van der Waals surface area contributed by atoms with Gasteiger partial charge in [0.15, 0.2) is 0 Å². The Kier molecular flexibility index (Phi) is 4.31. The summed E-state index contributed by atoms with van der Waals surface area (Å²) in [5.41, 5.74) is 0.991. The Morgan fingerprint density at radius 3 is 3.18 bits per heavy atom. The molecule has 0 aromatic carbocycles. The first-order valence-corrected chi connectivity index (χ1v) is 7.23. The van der Waals surface area contributed by atoms with E-state index in [9.17, 15) is 0 Å². The van der Waals surface area contributed by atoms with Crippen LogP contribution in [0.2, 0.25) is 0 Å². The Balaban J connectivity index is 2.00. The maximum absolute atomic E-state index is 4.28. The minimum Gasteiger partial charge on any atom is -0.369 e. The van der Waals surface area contributed by atoms with Gasteiger partial charge in [-0.1, -0.05) is 13.0 Å². The van der Waals surface area contributed by atoms with E-state index in [2.05, 4.69) is 34.6 Å². The highest BCUT2D eigenvalue weighted by Gasteiger charge is 2.04. The van der Waals surface area contributed by atoms with Crippen molar-refractivity contribution < 1.29 is 0 Å². The predicted molar refractivity (Wildman–Crippen MR) is 75.9 cm³/mol. The number of rotatable bonds is 6. The molecule has 2 aromatic heterocycles. The molecule has 1 N–H and O–H groups in total. The smallest absolute Gasteiger partial charge is 0.138 e. The van der Waals surface area contributed by atoms with Crippen LogP contribution in [0.1, 0.15) is 20.3 Å². The second-order valence-corrected chi connectivity index (χ2v) is 5.49. The first-order chi connectivity index (χ1) is 8.31. The second kappa shape index (κ2) is 5.96. The summed E-state index contributed by atoms with van der Waals surface area (Å²) < 4.78 is 2.09. The summed E-state index contributed by atoms with van der Waals surface area (Å²) in [6, 6.07) is 6.64. The van der Waals surface area contributed by atoms with Crippen molar-refractivity contribution in [2.24, 2.45) is 0 Å². The van der Waals surface area contributed by atoms with Gasteiger partial charge in [0.05, 0.1) is 0 Å². The summed E-state index contributed by atoms with van der Waals surface area (Å²) in [7, 11) is 0. The molecule has 0 aliphatic heterocycles. The van der Waals surface area contributed by atoms with Gasteiger partial charge in [0.25, 0.3) is 0 Å². The third kappa shape index (κ3) is 3.16. The molecular weight excluding hydrogens is 230 g/mol. The van der Waals surface area contributed by atoms with Crippen LogP contribution in [0.25, 0.3) is 5.65 Å². The molecule has 0 saturated carbocycles. The molecule has 0 aliphatic rings. The third-order valence-corrected chi connectivity index (χ3v) is 3.65. The zero-order valence-corrected chi connectivity index (χ0v) is 11.2. The van der Waals surface area contributed by atoms with E-state index in [-0.39, 0.29) is 0 Å². The van der Waals surface area contributed by atoms with E-state index in [1.807, 2.05) is 36.3 Å². The molecule has 2 rings (SSSR count). The second-order valence-electron chi connectivity index (χ2n) is 4.10. The molecule has 92 valence electrons. The fourth-order valence-electron chi connectivity index (χ4n) is 1.79. The number of anilines is 1. The molecule has 0 saturated heterocycles. The van der Waals surface area contributed by atoms with E-state index in [4.69, 9.17) is 0 Å². The summed E-state index contributed by atoms with van der Waals surface area (Å²) in [5.74, 6) is 3.53. The Morgan fingerprint density at radius 2 is 2.35 bits per heavy atom. The summed E-state index contributed by atoms with van der Waals surface area (Å²) in [5, 5.41) is 3.54. The molecule has 0 spiro atoms. The molecule has 3 nitrogen and oxygen atoms in total. The molecule has 4 heteroatoms. The number of imidazole rings is 1. The highest BCUT2D eigenvalue weighted by atomic mass is 32.2. The number of pyridine rings is 1. The van der Waals surface area contributed by atoms with Crippen molar-refractivity contribution in [2.45, 2.75) is 26.3 Å². The molecule has 0 aliphatic carbocycles.